The van der Waals surface area contributed by atoms with Crippen LogP contribution < -0.4 is 5.56 Å². The van der Waals surface area contributed by atoms with E-state index in [1.54, 1.807) is 24.3 Å². The van der Waals surface area contributed by atoms with E-state index in [1.165, 1.54) is 12.3 Å². The summed E-state index contributed by atoms with van der Waals surface area (Å²) in [5, 5.41) is 17.6. The maximum absolute atomic E-state index is 11.2. The van der Waals surface area contributed by atoms with E-state index in [9.17, 15) is 4.79 Å². The minimum Gasteiger partial charge on any atom is -0.328 e. The van der Waals surface area contributed by atoms with Crippen molar-refractivity contribution in [1.82, 2.24) is 4.98 Å². The zero-order valence-corrected chi connectivity index (χ0v) is 8.77. The van der Waals surface area contributed by atoms with E-state index in [4.69, 9.17) is 10.5 Å². The van der Waals surface area contributed by atoms with E-state index < -0.39 is 0 Å². The fourth-order valence-corrected chi connectivity index (χ4v) is 1.53. The molecule has 0 saturated carbocycles. The number of hydrogen-bond acceptors (Lipinski definition) is 3. The highest BCUT2D eigenvalue weighted by Gasteiger charge is 2.05. The second kappa shape index (κ2) is 4.34. The van der Waals surface area contributed by atoms with Gasteiger partial charge in [0.15, 0.2) is 0 Å². The van der Waals surface area contributed by atoms with Gasteiger partial charge in [-0.2, -0.15) is 10.5 Å². The highest BCUT2D eigenvalue weighted by molar-refractivity contribution is 5.70. The Bertz CT molecular complexity index is 684. The molecule has 2 aromatic rings. The molecule has 0 aliphatic rings. The molecule has 1 N–H and O–H groups in total. The van der Waals surface area contributed by atoms with E-state index in [2.05, 4.69) is 4.98 Å². The maximum Gasteiger partial charge on any atom is 0.248 e. The summed E-state index contributed by atoms with van der Waals surface area (Å²) in [4.78, 5) is 13.7. The third kappa shape index (κ3) is 2.06. The molecule has 0 unspecified atom stereocenters. The first kappa shape index (κ1) is 10.7. The van der Waals surface area contributed by atoms with Gasteiger partial charge < -0.3 is 4.98 Å². The van der Waals surface area contributed by atoms with Crippen molar-refractivity contribution in [2.45, 2.75) is 0 Å². The Morgan fingerprint density at radius 1 is 1.06 bits per heavy atom. The van der Waals surface area contributed by atoms with E-state index in [0.717, 1.165) is 5.56 Å². The monoisotopic (exact) mass is 221 g/mol. The molecule has 80 valence electrons. The zero-order chi connectivity index (χ0) is 12.3. The van der Waals surface area contributed by atoms with Gasteiger partial charge in [-0.3, -0.25) is 4.79 Å². The van der Waals surface area contributed by atoms with Crippen molar-refractivity contribution >= 4 is 0 Å². The predicted molar refractivity (Wildman–Crippen MR) is 61.9 cm³/mol. The van der Waals surface area contributed by atoms with Crippen molar-refractivity contribution < 1.29 is 0 Å². The lowest BCUT2D eigenvalue weighted by Gasteiger charge is -2.02. The van der Waals surface area contributed by atoms with Gasteiger partial charge in [0.05, 0.1) is 17.2 Å². The number of benzene rings is 1. The van der Waals surface area contributed by atoms with Crippen LogP contribution in [0.25, 0.3) is 11.1 Å². The Balaban J connectivity index is 2.60. The Kier molecular flexibility index (Phi) is 2.72. The van der Waals surface area contributed by atoms with Crippen LogP contribution in [0.5, 0.6) is 0 Å². The second-order valence-corrected chi connectivity index (χ2v) is 3.43. The maximum atomic E-state index is 11.2. The van der Waals surface area contributed by atoms with Gasteiger partial charge in [-0.25, -0.2) is 0 Å². The summed E-state index contributed by atoms with van der Waals surface area (Å²) in [5.41, 5.74) is 1.99. The summed E-state index contributed by atoms with van der Waals surface area (Å²) < 4.78 is 0. The number of aromatic amines is 1. The van der Waals surface area contributed by atoms with Crippen LogP contribution in [0.4, 0.5) is 0 Å². The summed E-state index contributed by atoms with van der Waals surface area (Å²) in [6.45, 7) is 0. The topological polar surface area (TPSA) is 80.4 Å². The molecule has 0 aliphatic carbocycles. The van der Waals surface area contributed by atoms with Crippen LogP contribution in [-0.4, -0.2) is 4.98 Å². The van der Waals surface area contributed by atoms with Gasteiger partial charge in [0.25, 0.3) is 0 Å². The lowest BCUT2D eigenvalue weighted by atomic mass is 10.0. The molecular weight excluding hydrogens is 214 g/mol. The average Bonchev–Trinajstić information content (AvgIpc) is 2.39. The number of hydrogen-bond donors (Lipinski definition) is 1. The van der Waals surface area contributed by atoms with Crippen LogP contribution in [0.15, 0.2) is 41.3 Å². The molecule has 0 amide bonds. The number of pyridine rings is 1. The molecule has 0 spiro atoms. The van der Waals surface area contributed by atoms with Crippen molar-refractivity contribution in [3.8, 4) is 23.3 Å². The Morgan fingerprint density at radius 3 is 2.35 bits per heavy atom. The van der Waals surface area contributed by atoms with E-state index >= 15 is 0 Å². The summed E-state index contributed by atoms with van der Waals surface area (Å²) >= 11 is 0. The van der Waals surface area contributed by atoms with Gasteiger partial charge in [0.1, 0.15) is 6.07 Å². The van der Waals surface area contributed by atoms with Crippen molar-refractivity contribution in [2.75, 3.05) is 0 Å². The first-order valence-electron chi connectivity index (χ1n) is 4.88. The third-order valence-electron chi connectivity index (χ3n) is 2.37. The van der Waals surface area contributed by atoms with Crippen LogP contribution >= 0.6 is 0 Å². The molecular formula is C13H7N3O. The fourth-order valence-electron chi connectivity index (χ4n) is 1.53. The highest BCUT2D eigenvalue weighted by atomic mass is 16.1. The normalized spacial score (nSPS) is 9.29. The number of nitriles is 2. The molecule has 1 aromatic heterocycles. The lowest BCUT2D eigenvalue weighted by Crippen LogP contribution is -2.04. The molecule has 1 aromatic carbocycles. The third-order valence-corrected chi connectivity index (χ3v) is 2.37. The summed E-state index contributed by atoms with van der Waals surface area (Å²) in [7, 11) is 0. The van der Waals surface area contributed by atoms with Crippen LogP contribution in [0.1, 0.15) is 11.1 Å². The van der Waals surface area contributed by atoms with Crippen molar-refractivity contribution in [2.24, 2.45) is 0 Å². The first-order valence-corrected chi connectivity index (χ1v) is 4.88. The van der Waals surface area contributed by atoms with Gasteiger partial charge in [-0.1, -0.05) is 12.1 Å². The molecule has 0 aliphatic heterocycles. The van der Waals surface area contributed by atoms with Gasteiger partial charge in [0, 0.05) is 17.8 Å². The molecule has 17 heavy (non-hydrogen) atoms. The quantitative estimate of drug-likeness (QED) is 0.797. The van der Waals surface area contributed by atoms with Gasteiger partial charge in [-0.15, -0.1) is 0 Å². The van der Waals surface area contributed by atoms with Crippen LogP contribution in [0, 0.1) is 22.7 Å². The molecule has 4 nitrogen and oxygen atoms in total. The SMILES string of the molecule is N#Cc1ccc(-c2cc(=O)[nH]cc2C#N)cc1. The Labute approximate surface area is 97.4 Å². The summed E-state index contributed by atoms with van der Waals surface area (Å²) in [5.74, 6) is 0. The van der Waals surface area contributed by atoms with Crippen molar-refractivity contribution in [1.29, 1.82) is 10.5 Å². The van der Waals surface area contributed by atoms with Crippen LogP contribution in [0.3, 0.4) is 0 Å². The van der Waals surface area contributed by atoms with E-state index in [-0.39, 0.29) is 5.56 Å². The average molecular weight is 221 g/mol. The van der Waals surface area contributed by atoms with Crippen molar-refractivity contribution in [3.63, 3.8) is 0 Å². The molecule has 0 saturated heterocycles. The number of nitrogens with one attached hydrogen (secondary N) is 1. The largest absolute Gasteiger partial charge is 0.328 e. The lowest BCUT2D eigenvalue weighted by molar-refractivity contribution is 1.22. The smallest absolute Gasteiger partial charge is 0.248 e. The number of rotatable bonds is 1. The predicted octanol–water partition coefficient (Wildman–Crippen LogP) is 1.79. The molecule has 0 bridgehead atoms. The highest BCUT2D eigenvalue weighted by Crippen LogP contribution is 2.21. The fraction of sp³-hybridized carbons (Fsp3) is 0. The number of aromatic nitrogens is 1. The second-order valence-electron chi connectivity index (χ2n) is 3.43. The number of nitrogens with zero attached hydrogens (tertiary/aromatic N) is 2. The van der Waals surface area contributed by atoms with E-state index in [1.807, 2.05) is 12.1 Å². The molecule has 1 heterocycles. The Hall–Kier alpha value is -2.85. The zero-order valence-electron chi connectivity index (χ0n) is 8.77. The minimum atomic E-state index is -0.261. The molecule has 4 heteroatoms. The Morgan fingerprint density at radius 2 is 1.76 bits per heavy atom. The van der Waals surface area contributed by atoms with E-state index in [0.29, 0.717) is 16.7 Å². The van der Waals surface area contributed by atoms with Crippen molar-refractivity contribution in [3.05, 3.63) is 58.0 Å². The molecule has 0 fully saturated rings. The molecule has 2 rings (SSSR count). The minimum absolute atomic E-state index is 0.261. The van der Waals surface area contributed by atoms with Gasteiger partial charge in [0.2, 0.25) is 5.56 Å². The standard InChI is InChI=1S/C13H7N3O/c14-6-9-1-3-10(4-2-9)12-5-13(17)16-8-11(12)7-15/h1-5,8H,(H,16,17). The molecule has 0 atom stereocenters. The van der Waals surface area contributed by atoms with Crippen LogP contribution in [-0.2, 0) is 0 Å². The first-order chi connectivity index (χ1) is 8.24. The number of H-pyrrole nitrogens is 1. The summed E-state index contributed by atoms with van der Waals surface area (Å²) in [6, 6.07) is 12.1. The van der Waals surface area contributed by atoms with Gasteiger partial charge >= 0.3 is 0 Å². The van der Waals surface area contributed by atoms with Gasteiger partial charge in [-0.05, 0) is 17.7 Å². The summed E-state index contributed by atoms with van der Waals surface area (Å²) in [6.07, 6.45) is 1.38. The molecule has 0 radical (unpaired) electrons. The van der Waals surface area contributed by atoms with Crippen LogP contribution in [0.2, 0.25) is 0 Å².